The third kappa shape index (κ3) is 5.76. The Hall–Kier alpha value is -2.04. The van der Waals surface area contributed by atoms with Crippen LogP contribution in [-0.4, -0.2) is 29.6 Å². The van der Waals surface area contributed by atoms with Crippen LogP contribution in [0, 0.1) is 13.8 Å². The van der Waals surface area contributed by atoms with Crippen molar-refractivity contribution >= 4 is 11.9 Å². The molecule has 0 aliphatic carbocycles. The first-order valence-electron chi connectivity index (χ1n) is 7.35. The number of carbonyl (C=O) groups is 2. The lowest BCUT2D eigenvalue weighted by atomic mass is 9.93. The number of carboxylic acid groups (broad SMARTS) is 1. The smallest absolute Gasteiger partial charge is 0.329 e. The molecule has 0 atom stereocenters. The van der Waals surface area contributed by atoms with Crippen molar-refractivity contribution in [2.45, 2.75) is 53.0 Å². The summed E-state index contributed by atoms with van der Waals surface area (Å²) in [6, 6.07) is 6.15. The van der Waals surface area contributed by atoms with Crippen LogP contribution in [0.3, 0.4) is 0 Å². The van der Waals surface area contributed by atoms with E-state index in [1.807, 2.05) is 19.1 Å². The molecule has 0 radical (unpaired) electrons. The van der Waals surface area contributed by atoms with E-state index >= 15 is 0 Å². The van der Waals surface area contributed by atoms with Crippen LogP contribution >= 0.6 is 0 Å². The minimum Gasteiger partial charge on any atom is -0.496 e. The van der Waals surface area contributed by atoms with Crippen LogP contribution in [0.25, 0.3) is 0 Å². The SMILES string of the molecule is CCC(CC)(NC(C)=O)C(=O)O.COc1ccc(C)cc1C. The van der Waals surface area contributed by atoms with E-state index in [2.05, 4.69) is 18.3 Å². The lowest BCUT2D eigenvalue weighted by molar-refractivity contribution is -0.147. The summed E-state index contributed by atoms with van der Waals surface area (Å²) in [7, 11) is 1.69. The summed E-state index contributed by atoms with van der Waals surface area (Å²) in [5, 5.41) is 11.3. The maximum atomic E-state index is 10.8. The third-order valence-electron chi connectivity index (χ3n) is 3.58. The van der Waals surface area contributed by atoms with E-state index in [9.17, 15) is 9.59 Å². The van der Waals surface area contributed by atoms with Crippen LogP contribution in [0.2, 0.25) is 0 Å². The number of hydrogen-bond donors (Lipinski definition) is 2. The normalized spacial score (nSPS) is 10.3. The maximum Gasteiger partial charge on any atom is 0.329 e. The molecule has 0 bridgehead atoms. The van der Waals surface area contributed by atoms with E-state index in [-0.39, 0.29) is 5.91 Å². The summed E-state index contributed by atoms with van der Waals surface area (Å²) in [5.74, 6) is -0.311. The molecule has 0 spiro atoms. The molecule has 0 saturated heterocycles. The molecule has 0 aliphatic rings. The molecule has 0 fully saturated rings. The molecule has 5 nitrogen and oxygen atoms in total. The minimum absolute atomic E-state index is 0.305. The fourth-order valence-corrected chi connectivity index (χ4v) is 2.15. The van der Waals surface area contributed by atoms with Gasteiger partial charge in [-0.2, -0.15) is 0 Å². The van der Waals surface area contributed by atoms with Gasteiger partial charge in [-0.3, -0.25) is 4.79 Å². The number of benzene rings is 1. The number of aliphatic carboxylic acids is 1. The molecule has 2 N–H and O–H groups in total. The summed E-state index contributed by atoms with van der Waals surface area (Å²) < 4.78 is 5.10. The predicted molar refractivity (Wildman–Crippen MR) is 87.2 cm³/mol. The first-order chi connectivity index (χ1) is 10.2. The van der Waals surface area contributed by atoms with Gasteiger partial charge in [-0.05, 0) is 38.3 Å². The van der Waals surface area contributed by atoms with Gasteiger partial charge >= 0.3 is 5.97 Å². The summed E-state index contributed by atoms with van der Waals surface area (Å²) >= 11 is 0. The van der Waals surface area contributed by atoms with Gasteiger partial charge in [0, 0.05) is 6.92 Å². The second-order valence-electron chi connectivity index (χ2n) is 5.25. The third-order valence-corrected chi connectivity index (χ3v) is 3.58. The zero-order chi connectivity index (χ0) is 17.3. The van der Waals surface area contributed by atoms with Crippen molar-refractivity contribution in [3.63, 3.8) is 0 Å². The predicted octanol–water partition coefficient (Wildman–Crippen LogP) is 3.08. The van der Waals surface area contributed by atoms with Gasteiger partial charge in [0.25, 0.3) is 0 Å². The number of rotatable bonds is 5. The highest BCUT2D eigenvalue weighted by atomic mass is 16.5. The Bertz CT molecular complexity index is 507. The number of carbonyl (C=O) groups excluding carboxylic acids is 1. The first kappa shape index (κ1) is 20.0. The summed E-state index contributed by atoms with van der Waals surface area (Å²) in [6.07, 6.45) is 0.802. The zero-order valence-corrected chi connectivity index (χ0v) is 14.3. The van der Waals surface area contributed by atoms with Gasteiger partial charge in [0.15, 0.2) is 0 Å². The van der Waals surface area contributed by atoms with Crippen LogP contribution in [0.1, 0.15) is 44.7 Å². The van der Waals surface area contributed by atoms with Crippen LogP contribution in [0.5, 0.6) is 5.75 Å². The summed E-state index contributed by atoms with van der Waals surface area (Å²) in [4.78, 5) is 21.5. The molecular weight excluding hydrogens is 282 g/mol. The van der Waals surface area contributed by atoms with Crippen molar-refractivity contribution in [1.29, 1.82) is 0 Å². The first-order valence-corrected chi connectivity index (χ1v) is 7.35. The molecule has 0 aromatic heterocycles. The number of aryl methyl sites for hydroxylation is 2. The lowest BCUT2D eigenvalue weighted by Crippen LogP contribution is -2.53. The lowest BCUT2D eigenvalue weighted by Gasteiger charge is -2.27. The summed E-state index contributed by atoms with van der Waals surface area (Å²) in [6.45, 7) is 8.93. The molecule has 1 rings (SSSR count). The second-order valence-corrected chi connectivity index (χ2v) is 5.25. The van der Waals surface area contributed by atoms with E-state index < -0.39 is 11.5 Å². The molecule has 0 unspecified atom stereocenters. The highest BCUT2D eigenvalue weighted by Crippen LogP contribution is 2.17. The number of hydrogen-bond acceptors (Lipinski definition) is 3. The number of carboxylic acids is 1. The van der Waals surface area contributed by atoms with Gasteiger partial charge < -0.3 is 15.2 Å². The molecule has 0 aliphatic heterocycles. The Balaban J connectivity index is 0.000000406. The molecule has 1 amide bonds. The molecule has 0 heterocycles. The quantitative estimate of drug-likeness (QED) is 0.876. The number of nitrogens with one attached hydrogen (secondary N) is 1. The Morgan fingerprint density at radius 3 is 2.05 bits per heavy atom. The van der Waals surface area contributed by atoms with Gasteiger partial charge in [-0.15, -0.1) is 0 Å². The van der Waals surface area contributed by atoms with Crippen molar-refractivity contribution in [3.8, 4) is 5.75 Å². The van der Waals surface area contributed by atoms with Crippen LogP contribution in [0.4, 0.5) is 0 Å². The van der Waals surface area contributed by atoms with Crippen LogP contribution in [-0.2, 0) is 9.59 Å². The molecule has 5 heteroatoms. The molecule has 1 aromatic carbocycles. The molecule has 1 aromatic rings. The average Bonchev–Trinajstić information content (AvgIpc) is 2.45. The molecular formula is C17H27NO4. The Kier molecular flexibility index (Phi) is 8.23. The van der Waals surface area contributed by atoms with Crippen molar-refractivity contribution in [1.82, 2.24) is 5.32 Å². The highest BCUT2D eigenvalue weighted by Gasteiger charge is 2.35. The van der Waals surface area contributed by atoms with Gasteiger partial charge in [0.05, 0.1) is 7.11 Å². The minimum atomic E-state index is -1.08. The molecule has 124 valence electrons. The Morgan fingerprint density at radius 2 is 1.77 bits per heavy atom. The number of methoxy groups -OCH3 is 1. The van der Waals surface area contributed by atoms with Crippen molar-refractivity contribution in [2.24, 2.45) is 0 Å². The van der Waals surface area contributed by atoms with Crippen molar-refractivity contribution in [3.05, 3.63) is 29.3 Å². The van der Waals surface area contributed by atoms with E-state index in [4.69, 9.17) is 9.84 Å². The van der Waals surface area contributed by atoms with E-state index in [1.54, 1.807) is 21.0 Å². The number of ether oxygens (including phenoxy) is 1. The highest BCUT2D eigenvalue weighted by molar-refractivity contribution is 5.85. The average molecular weight is 309 g/mol. The van der Waals surface area contributed by atoms with E-state index in [0.717, 1.165) is 5.75 Å². The van der Waals surface area contributed by atoms with Gasteiger partial charge in [0.2, 0.25) is 5.91 Å². The van der Waals surface area contributed by atoms with Crippen LogP contribution in [0.15, 0.2) is 18.2 Å². The Morgan fingerprint density at radius 1 is 1.23 bits per heavy atom. The monoisotopic (exact) mass is 309 g/mol. The number of amides is 1. The van der Waals surface area contributed by atoms with Gasteiger partial charge in [0.1, 0.15) is 11.3 Å². The molecule has 22 heavy (non-hydrogen) atoms. The fraction of sp³-hybridized carbons (Fsp3) is 0.529. The topological polar surface area (TPSA) is 75.6 Å². The largest absolute Gasteiger partial charge is 0.496 e. The fourth-order valence-electron chi connectivity index (χ4n) is 2.15. The summed E-state index contributed by atoms with van der Waals surface area (Å²) in [5.41, 5.74) is 1.40. The van der Waals surface area contributed by atoms with Crippen molar-refractivity contribution < 1.29 is 19.4 Å². The molecule has 0 saturated carbocycles. The van der Waals surface area contributed by atoms with Gasteiger partial charge in [-0.1, -0.05) is 31.5 Å². The second kappa shape index (κ2) is 9.07. The maximum absolute atomic E-state index is 10.8. The van der Waals surface area contributed by atoms with Crippen LogP contribution < -0.4 is 10.1 Å². The van der Waals surface area contributed by atoms with Gasteiger partial charge in [-0.25, -0.2) is 4.79 Å². The van der Waals surface area contributed by atoms with E-state index in [1.165, 1.54) is 18.1 Å². The standard InChI is InChI=1S/C9H12O.C8H15NO3/c1-7-4-5-9(10-3)8(2)6-7;1-4-8(5-2,7(11)12)9-6(3)10/h4-6H,1-3H3;4-5H2,1-3H3,(H,9,10)(H,11,12). The zero-order valence-electron chi connectivity index (χ0n) is 14.3. The Labute approximate surface area is 132 Å². The van der Waals surface area contributed by atoms with Crippen molar-refractivity contribution in [2.75, 3.05) is 7.11 Å². The van der Waals surface area contributed by atoms with E-state index in [0.29, 0.717) is 12.8 Å².